The Hall–Kier alpha value is -1.17. The Balaban J connectivity index is 2.09. The van der Waals surface area contributed by atoms with Crippen molar-refractivity contribution in [3.8, 4) is 11.8 Å². The number of unbranched alkanes of at least 4 members (excludes halogenated alkanes) is 6. The monoisotopic (exact) mass is 308 g/mol. The lowest BCUT2D eigenvalue weighted by Gasteiger charge is -2.14. The van der Waals surface area contributed by atoms with E-state index in [1.54, 1.807) is 0 Å². The molecule has 0 spiro atoms. The van der Waals surface area contributed by atoms with Gasteiger partial charge < -0.3 is 9.84 Å². The van der Waals surface area contributed by atoms with Crippen LogP contribution in [0.15, 0.2) is 0 Å². The summed E-state index contributed by atoms with van der Waals surface area (Å²) in [5.74, 6) is 8.31. The van der Waals surface area contributed by atoms with Crippen molar-refractivity contribution in [1.29, 1.82) is 0 Å². The summed E-state index contributed by atoms with van der Waals surface area (Å²) in [7, 11) is 0. The summed E-state index contributed by atoms with van der Waals surface area (Å²) >= 11 is 0. The number of carbonyl (C=O) groups is 1. The molecule has 3 heteroatoms. The van der Waals surface area contributed by atoms with Gasteiger partial charge in [0.05, 0.1) is 6.61 Å². The van der Waals surface area contributed by atoms with E-state index >= 15 is 0 Å². The van der Waals surface area contributed by atoms with E-state index in [2.05, 4.69) is 23.5 Å². The van der Waals surface area contributed by atoms with Gasteiger partial charge in [0.15, 0.2) is 0 Å². The highest BCUT2D eigenvalue weighted by Crippen LogP contribution is 2.34. The second-order valence-electron chi connectivity index (χ2n) is 6.39. The van der Waals surface area contributed by atoms with Gasteiger partial charge in [-0.15, -0.1) is 5.92 Å². The lowest BCUT2D eigenvalue weighted by Crippen LogP contribution is -2.06. The molecule has 0 aromatic heterocycles. The molecule has 0 saturated heterocycles. The molecule has 22 heavy (non-hydrogen) atoms. The standard InChI is InChI=1S/C19H32O3/c1-2-3-4-5-6-8-12-17-14-11-15-18(17)13-9-7-10-16-22-19(20)21/h17-18H,2-7,9-11,13-16H2,1H3,(H,20,21)/t17-,18-/m0/s1. The second kappa shape index (κ2) is 12.4. The molecule has 1 aliphatic carbocycles. The first-order valence-corrected chi connectivity index (χ1v) is 9.08. The topological polar surface area (TPSA) is 46.5 Å². The molecular formula is C19H32O3. The minimum Gasteiger partial charge on any atom is -0.450 e. The highest BCUT2D eigenvalue weighted by Gasteiger charge is 2.24. The summed E-state index contributed by atoms with van der Waals surface area (Å²) in [6.07, 6.45) is 13.3. The van der Waals surface area contributed by atoms with Gasteiger partial charge in [0.25, 0.3) is 0 Å². The van der Waals surface area contributed by atoms with E-state index in [9.17, 15) is 4.79 Å². The molecule has 1 fully saturated rings. The minimum atomic E-state index is -1.16. The summed E-state index contributed by atoms with van der Waals surface area (Å²) in [6, 6.07) is 0. The van der Waals surface area contributed by atoms with E-state index in [0.717, 1.165) is 25.2 Å². The van der Waals surface area contributed by atoms with Crippen LogP contribution in [0.4, 0.5) is 4.79 Å². The van der Waals surface area contributed by atoms with Gasteiger partial charge in [0.1, 0.15) is 0 Å². The number of ether oxygens (including phenoxy) is 1. The quantitative estimate of drug-likeness (QED) is 0.323. The van der Waals surface area contributed by atoms with E-state index in [-0.39, 0.29) is 0 Å². The molecule has 0 aromatic carbocycles. The van der Waals surface area contributed by atoms with Crippen LogP contribution in [0.25, 0.3) is 0 Å². The smallest absolute Gasteiger partial charge is 0.450 e. The fraction of sp³-hybridized carbons (Fsp3) is 0.842. The van der Waals surface area contributed by atoms with Crippen molar-refractivity contribution in [2.45, 2.75) is 84.0 Å². The van der Waals surface area contributed by atoms with E-state index < -0.39 is 6.16 Å². The molecule has 0 aliphatic heterocycles. The molecule has 2 atom stereocenters. The van der Waals surface area contributed by atoms with E-state index in [4.69, 9.17) is 5.11 Å². The third kappa shape index (κ3) is 8.97. The van der Waals surface area contributed by atoms with Crippen LogP contribution >= 0.6 is 0 Å². The largest absolute Gasteiger partial charge is 0.505 e. The maximum Gasteiger partial charge on any atom is 0.505 e. The molecule has 0 unspecified atom stereocenters. The summed E-state index contributed by atoms with van der Waals surface area (Å²) in [6.45, 7) is 2.57. The van der Waals surface area contributed by atoms with Gasteiger partial charge in [0.2, 0.25) is 0 Å². The molecular weight excluding hydrogens is 276 g/mol. The zero-order valence-electron chi connectivity index (χ0n) is 14.1. The Bertz CT molecular complexity index is 353. The molecule has 1 aliphatic rings. The SMILES string of the molecule is CCCCCCC#C[C@H]1CCC[C@@H]1CCCCCOC(=O)O. The second-order valence-corrected chi connectivity index (χ2v) is 6.39. The van der Waals surface area contributed by atoms with Crippen molar-refractivity contribution < 1.29 is 14.6 Å². The van der Waals surface area contributed by atoms with Gasteiger partial charge in [-0.2, -0.15) is 0 Å². The Labute approximate surface area is 135 Å². The number of hydrogen-bond acceptors (Lipinski definition) is 2. The normalized spacial score (nSPS) is 20.4. The first-order valence-electron chi connectivity index (χ1n) is 9.08. The van der Waals surface area contributed by atoms with Crippen molar-refractivity contribution in [1.82, 2.24) is 0 Å². The fourth-order valence-electron chi connectivity index (χ4n) is 3.26. The van der Waals surface area contributed by atoms with E-state index in [1.807, 2.05) is 0 Å². The highest BCUT2D eigenvalue weighted by molar-refractivity contribution is 5.56. The van der Waals surface area contributed by atoms with Crippen LogP contribution in [0.5, 0.6) is 0 Å². The van der Waals surface area contributed by atoms with Crippen LogP contribution in [0.2, 0.25) is 0 Å². The average Bonchev–Trinajstić information content (AvgIpc) is 2.93. The molecule has 0 radical (unpaired) electrons. The Morgan fingerprint density at radius 1 is 1.14 bits per heavy atom. The molecule has 3 nitrogen and oxygen atoms in total. The molecule has 126 valence electrons. The molecule has 1 rings (SSSR count). The van der Waals surface area contributed by atoms with Gasteiger partial charge in [-0.05, 0) is 38.0 Å². The predicted octanol–water partition coefficient (Wildman–Crippen LogP) is 5.63. The maximum absolute atomic E-state index is 10.2. The van der Waals surface area contributed by atoms with Crippen molar-refractivity contribution in [2.24, 2.45) is 11.8 Å². The third-order valence-corrected chi connectivity index (χ3v) is 4.55. The summed E-state index contributed by atoms with van der Waals surface area (Å²) < 4.78 is 4.52. The van der Waals surface area contributed by atoms with Gasteiger partial charge in [-0.3, -0.25) is 0 Å². The molecule has 1 N–H and O–H groups in total. The van der Waals surface area contributed by atoms with Crippen LogP contribution in [0, 0.1) is 23.7 Å². The Kier molecular flexibility index (Phi) is 10.6. The van der Waals surface area contributed by atoms with Crippen molar-refractivity contribution in [3.63, 3.8) is 0 Å². The summed E-state index contributed by atoms with van der Waals surface area (Å²) in [4.78, 5) is 10.2. The van der Waals surface area contributed by atoms with Gasteiger partial charge in [-0.1, -0.05) is 51.4 Å². The minimum absolute atomic E-state index is 0.334. The van der Waals surface area contributed by atoms with Crippen molar-refractivity contribution >= 4 is 6.16 Å². The lowest BCUT2D eigenvalue weighted by molar-refractivity contribution is 0.0898. The molecule has 0 bridgehead atoms. The Morgan fingerprint density at radius 2 is 1.95 bits per heavy atom. The molecule has 0 amide bonds. The van der Waals surface area contributed by atoms with Crippen LogP contribution in [-0.4, -0.2) is 17.9 Å². The zero-order valence-corrected chi connectivity index (χ0v) is 14.1. The summed E-state index contributed by atoms with van der Waals surface area (Å²) in [5, 5.41) is 8.39. The third-order valence-electron chi connectivity index (χ3n) is 4.55. The van der Waals surface area contributed by atoms with Gasteiger partial charge >= 0.3 is 6.16 Å². The highest BCUT2D eigenvalue weighted by atomic mass is 16.7. The van der Waals surface area contributed by atoms with Gasteiger partial charge in [0, 0.05) is 12.3 Å². The predicted molar refractivity (Wildman–Crippen MR) is 89.8 cm³/mol. The molecule has 1 saturated carbocycles. The van der Waals surface area contributed by atoms with Crippen LogP contribution in [-0.2, 0) is 4.74 Å². The number of hydrogen-bond donors (Lipinski definition) is 1. The first-order chi connectivity index (χ1) is 10.7. The van der Waals surface area contributed by atoms with Crippen molar-refractivity contribution in [2.75, 3.05) is 6.61 Å². The van der Waals surface area contributed by atoms with Crippen LogP contribution < -0.4 is 0 Å². The first kappa shape index (κ1) is 18.9. The van der Waals surface area contributed by atoms with E-state index in [1.165, 1.54) is 57.8 Å². The lowest BCUT2D eigenvalue weighted by atomic mass is 9.91. The van der Waals surface area contributed by atoms with Crippen LogP contribution in [0.3, 0.4) is 0 Å². The fourth-order valence-corrected chi connectivity index (χ4v) is 3.26. The molecule has 0 heterocycles. The van der Waals surface area contributed by atoms with Gasteiger partial charge in [-0.25, -0.2) is 4.79 Å². The molecule has 0 aromatic rings. The summed E-state index contributed by atoms with van der Waals surface area (Å²) in [5.41, 5.74) is 0. The maximum atomic E-state index is 10.2. The Morgan fingerprint density at radius 3 is 2.73 bits per heavy atom. The van der Waals surface area contributed by atoms with Crippen molar-refractivity contribution in [3.05, 3.63) is 0 Å². The van der Waals surface area contributed by atoms with E-state index in [0.29, 0.717) is 12.5 Å². The zero-order chi connectivity index (χ0) is 16.0. The average molecular weight is 308 g/mol. The van der Waals surface area contributed by atoms with Crippen LogP contribution in [0.1, 0.15) is 84.0 Å². The number of carboxylic acid groups (broad SMARTS) is 1. The number of rotatable bonds is 10.